The summed E-state index contributed by atoms with van der Waals surface area (Å²) in [6.45, 7) is 2.88. The highest BCUT2D eigenvalue weighted by atomic mass is 127. The number of thiocarbonyl (C=S) groups is 1. The Hall–Kier alpha value is -1.58. The van der Waals surface area contributed by atoms with Crippen LogP contribution in [0.1, 0.15) is 18.1 Å². The molecule has 0 N–H and O–H groups in total. The Bertz CT molecular complexity index is 897. The fourth-order valence-corrected chi connectivity index (χ4v) is 4.36. The fourth-order valence-electron chi connectivity index (χ4n) is 2.62. The maximum atomic E-state index is 12.4. The highest BCUT2D eigenvalue weighted by Gasteiger charge is 2.30. The van der Waals surface area contributed by atoms with Gasteiger partial charge in [0, 0.05) is 15.7 Å². The minimum Gasteiger partial charge on any atom is -0.496 e. The van der Waals surface area contributed by atoms with E-state index in [-0.39, 0.29) is 5.91 Å². The van der Waals surface area contributed by atoms with E-state index in [4.69, 9.17) is 21.7 Å². The number of rotatable bonds is 6. The van der Waals surface area contributed by atoms with Crippen molar-refractivity contribution in [3.63, 3.8) is 0 Å². The van der Waals surface area contributed by atoms with Gasteiger partial charge in [0.25, 0.3) is 5.91 Å². The third-order valence-corrected chi connectivity index (χ3v) is 6.10. The van der Waals surface area contributed by atoms with Crippen molar-refractivity contribution in [2.75, 3.05) is 13.7 Å². The van der Waals surface area contributed by atoms with Crippen LogP contribution < -0.4 is 9.47 Å². The van der Waals surface area contributed by atoms with Gasteiger partial charge in [0.05, 0.1) is 12.0 Å². The average Bonchev–Trinajstić information content (AvgIpc) is 2.94. The molecule has 0 bridgehead atoms. The molecular weight excluding hydrogens is 493 g/mol. The van der Waals surface area contributed by atoms with Crippen molar-refractivity contribution in [2.24, 2.45) is 0 Å². The van der Waals surface area contributed by atoms with E-state index >= 15 is 0 Å². The molecule has 0 aromatic heterocycles. The molecule has 7 heteroatoms. The van der Waals surface area contributed by atoms with Crippen LogP contribution in [0.4, 0.5) is 0 Å². The summed E-state index contributed by atoms with van der Waals surface area (Å²) < 4.78 is 13.1. The minimum atomic E-state index is -0.0417. The summed E-state index contributed by atoms with van der Waals surface area (Å²) in [5.41, 5.74) is 1.82. The second-order valence-corrected chi connectivity index (χ2v) is 8.66. The number of likely N-dealkylation sites (N-methyl/N-ethyl adjacent to an activating group) is 1. The largest absolute Gasteiger partial charge is 0.496 e. The van der Waals surface area contributed by atoms with Gasteiger partial charge in [-0.3, -0.25) is 9.69 Å². The zero-order valence-electron chi connectivity index (χ0n) is 14.9. The lowest BCUT2D eigenvalue weighted by atomic mass is 10.1. The Kier molecular flexibility index (Phi) is 6.78. The summed E-state index contributed by atoms with van der Waals surface area (Å²) in [7, 11) is 1.63. The van der Waals surface area contributed by atoms with Gasteiger partial charge in [-0.25, -0.2) is 0 Å². The number of hydrogen-bond acceptors (Lipinski definition) is 5. The normalized spacial score (nSPS) is 15.5. The fraction of sp³-hybridized carbons (Fsp3) is 0.200. The standard InChI is InChI=1S/C20H18INO3S2/c1-3-22-19(23)18(27-20(22)26)11-13-4-9-17(24-2)14(10-13)12-25-16-7-5-15(21)6-8-16/h4-11H,3,12H2,1-2H3. The smallest absolute Gasteiger partial charge is 0.266 e. The Morgan fingerprint density at radius 2 is 1.96 bits per heavy atom. The predicted octanol–water partition coefficient (Wildman–Crippen LogP) is 5.10. The van der Waals surface area contributed by atoms with Crippen molar-refractivity contribution >= 4 is 62.9 Å². The third-order valence-electron chi connectivity index (χ3n) is 4.00. The summed E-state index contributed by atoms with van der Waals surface area (Å²) >= 11 is 8.86. The van der Waals surface area contributed by atoms with E-state index in [1.165, 1.54) is 11.8 Å². The minimum absolute atomic E-state index is 0.0417. The molecule has 0 saturated carbocycles. The third kappa shape index (κ3) is 4.83. The van der Waals surface area contributed by atoms with Gasteiger partial charge in [-0.1, -0.05) is 30.0 Å². The topological polar surface area (TPSA) is 38.8 Å². The Morgan fingerprint density at radius 1 is 1.22 bits per heavy atom. The van der Waals surface area contributed by atoms with Gasteiger partial charge in [-0.2, -0.15) is 0 Å². The Balaban J connectivity index is 1.81. The van der Waals surface area contributed by atoms with Crippen molar-refractivity contribution in [1.82, 2.24) is 4.90 Å². The van der Waals surface area contributed by atoms with Gasteiger partial charge in [-0.05, 0) is 77.6 Å². The first-order valence-electron chi connectivity index (χ1n) is 8.32. The van der Waals surface area contributed by atoms with Gasteiger partial charge in [0.15, 0.2) is 0 Å². The van der Waals surface area contributed by atoms with Crippen LogP contribution in [0, 0.1) is 3.57 Å². The maximum absolute atomic E-state index is 12.4. The van der Waals surface area contributed by atoms with E-state index in [0.717, 1.165) is 26.2 Å². The molecule has 1 amide bonds. The molecule has 3 rings (SSSR count). The summed E-state index contributed by atoms with van der Waals surface area (Å²) in [5, 5.41) is 0. The monoisotopic (exact) mass is 511 g/mol. The van der Waals surface area contributed by atoms with Gasteiger partial charge in [0.1, 0.15) is 22.4 Å². The zero-order chi connectivity index (χ0) is 19.4. The summed E-state index contributed by atoms with van der Waals surface area (Å²) in [6, 6.07) is 13.7. The molecule has 2 aromatic rings. The average molecular weight is 511 g/mol. The number of carbonyl (C=O) groups excluding carboxylic acids is 1. The summed E-state index contributed by atoms with van der Waals surface area (Å²) in [5.74, 6) is 1.51. The lowest BCUT2D eigenvalue weighted by Crippen LogP contribution is -2.27. The maximum Gasteiger partial charge on any atom is 0.266 e. The summed E-state index contributed by atoms with van der Waals surface area (Å²) in [4.78, 5) is 14.6. The number of benzene rings is 2. The van der Waals surface area contributed by atoms with Crippen LogP contribution >= 0.6 is 46.6 Å². The summed E-state index contributed by atoms with van der Waals surface area (Å²) in [6.07, 6.45) is 1.86. The molecule has 1 aliphatic heterocycles. The number of methoxy groups -OCH3 is 1. The SMILES string of the molecule is CCN1C(=O)C(=Cc2ccc(OC)c(COc3ccc(I)cc3)c2)SC1=S. The van der Waals surface area contributed by atoms with Crippen molar-refractivity contribution in [3.05, 3.63) is 62.1 Å². The Labute approximate surface area is 182 Å². The van der Waals surface area contributed by atoms with Gasteiger partial charge >= 0.3 is 0 Å². The molecule has 0 aliphatic carbocycles. The molecular formula is C20H18INO3S2. The molecule has 0 spiro atoms. The van der Waals surface area contributed by atoms with Crippen molar-refractivity contribution in [3.8, 4) is 11.5 Å². The number of ether oxygens (including phenoxy) is 2. The molecule has 1 saturated heterocycles. The first-order valence-corrected chi connectivity index (χ1v) is 10.6. The first-order chi connectivity index (χ1) is 13.0. The molecule has 27 heavy (non-hydrogen) atoms. The molecule has 0 unspecified atom stereocenters. The van der Waals surface area contributed by atoms with Crippen LogP contribution in [0.5, 0.6) is 11.5 Å². The number of thioether (sulfide) groups is 1. The van der Waals surface area contributed by atoms with Gasteiger partial charge in [-0.15, -0.1) is 0 Å². The predicted molar refractivity (Wildman–Crippen MR) is 122 cm³/mol. The highest BCUT2D eigenvalue weighted by molar-refractivity contribution is 14.1. The molecule has 1 aliphatic rings. The lowest BCUT2D eigenvalue weighted by Gasteiger charge is -2.12. The zero-order valence-corrected chi connectivity index (χ0v) is 18.7. The van der Waals surface area contributed by atoms with Crippen LogP contribution in [0.15, 0.2) is 47.4 Å². The Morgan fingerprint density at radius 3 is 2.59 bits per heavy atom. The highest BCUT2D eigenvalue weighted by Crippen LogP contribution is 2.33. The molecule has 1 fully saturated rings. The molecule has 0 radical (unpaired) electrons. The quantitative estimate of drug-likeness (QED) is 0.307. The second kappa shape index (κ2) is 9.07. The van der Waals surface area contributed by atoms with E-state index in [2.05, 4.69) is 22.6 Å². The van der Waals surface area contributed by atoms with E-state index in [1.54, 1.807) is 12.0 Å². The van der Waals surface area contributed by atoms with E-state index in [9.17, 15) is 4.79 Å². The van der Waals surface area contributed by atoms with Crippen LogP contribution in [-0.4, -0.2) is 28.8 Å². The van der Waals surface area contributed by atoms with Gasteiger partial charge < -0.3 is 9.47 Å². The lowest BCUT2D eigenvalue weighted by molar-refractivity contribution is -0.121. The van der Waals surface area contributed by atoms with Crippen LogP contribution in [0.3, 0.4) is 0 Å². The van der Waals surface area contributed by atoms with Crippen molar-refractivity contribution < 1.29 is 14.3 Å². The molecule has 0 atom stereocenters. The molecule has 4 nitrogen and oxygen atoms in total. The number of halogens is 1. The van der Waals surface area contributed by atoms with Crippen molar-refractivity contribution in [1.29, 1.82) is 0 Å². The number of carbonyl (C=O) groups is 1. The second-order valence-electron chi connectivity index (χ2n) is 5.74. The van der Waals surface area contributed by atoms with Gasteiger partial charge in [0.2, 0.25) is 0 Å². The molecule has 140 valence electrons. The van der Waals surface area contributed by atoms with Crippen molar-refractivity contribution in [2.45, 2.75) is 13.5 Å². The van der Waals surface area contributed by atoms with E-state index in [1.807, 2.05) is 55.5 Å². The number of hydrogen-bond donors (Lipinski definition) is 0. The number of nitrogens with zero attached hydrogens (tertiary/aromatic N) is 1. The molecule has 1 heterocycles. The molecule has 2 aromatic carbocycles. The first kappa shape index (κ1) is 20.2. The van der Waals surface area contributed by atoms with Crippen LogP contribution in [-0.2, 0) is 11.4 Å². The number of amides is 1. The van der Waals surface area contributed by atoms with E-state index in [0.29, 0.717) is 22.4 Å². The van der Waals surface area contributed by atoms with Crippen LogP contribution in [0.25, 0.3) is 6.08 Å². The van der Waals surface area contributed by atoms with E-state index < -0.39 is 0 Å². The van der Waals surface area contributed by atoms with Crippen LogP contribution in [0.2, 0.25) is 0 Å².